The number of carbonyl (C=O) groups is 2. The molecule has 2 aliphatic rings. The van der Waals surface area contributed by atoms with Gasteiger partial charge in [0.15, 0.2) is 0 Å². The van der Waals surface area contributed by atoms with Crippen molar-refractivity contribution >= 4 is 12.3 Å². The molecule has 128 valence electrons. The van der Waals surface area contributed by atoms with Crippen LogP contribution in [0.25, 0.3) is 0 Å². The lowest BCUT2D eigenvalue weighted by molar-refractivity contribution is -0.136. The fourth-order valence-electron chi connectivity index (χ4n) is 5.32. The highest BCUT2D eigenvalue weighted by Crippen LogP contribution is 2.61. The van der Waals surface area contributed by atoms with E-state index >= 15 is 0 Å². The summed E-state index contributed by atoms with van der Waals surface area (Å²) in [6.45, 7) is 11.5. The molecule has 0 radical (unpaired) electrons. The van der Waals surface area contributed by atoms with Crippen LogP contribution in [0, 0.1) is 22.7 Å². The second-order valence-corrected chi connectivity index (χ2v) is 8.35. The number of rotatable bonds is 5. The highest BCUT2D eigenvalue weighted by molar-refractivity contribution is 5.83. The summed E-state index contributed by atoms with van der Waals surface area (Å²) in [5, 5.41) is 8.89. The molecule has 0 heterocycles. The van der Waals surface area contributed by atoms with Gasteiger partial charge in [-0.05, 0) is 60.3 Å². The van der Waals surface area contributed by atoms with Crippen LogP contribution in [0.4, 0.5) is 0 Å². The predicted octanol–water partition coefficient (Wildman–Crippen LogP) is 4.78. The van der Waals surface area contributed by atoms with Crippen molar-refractivity contribution in [3.63, 3.8) is 0 Å². The minimum Gasteiger partial charge on any atom is -0.481 e. The number of carboxylic acid groups (broad SMARTS) is 1. The van der Waals surface area contributed by atoms with Crippen LogP contribution in [0.2, 0.25) is 0 Å². The number of hydrogen-bond acceptors (Lipinski definition) is 2. The first-order chi connectivity index (χ1) is 10.7. The summed E-state index contributed by atoms with van der Waals surface area (Å²) in [6, 6.07) is 0. The van der Waals surface area contributed by atoms with Crippen molar-refractivity contribution in [2.75, 3.05) is 0 Å². The zero-order valence-corrected chi connectivity index (χ0v) is 14.7. The lowest BCUT2D eigenvalue weighted by atomic mass is 9.47. The number of aldehydes is 1. The van der Waals surface area contributed by atoms with Gasteiger partial charge in [0.05, 0.1) is 6.42 Å². The van der Waals surface area contributed by atoms with Crippen molar-refractivity contribution in [1.29, 1.82) is 0 Å². The van der Waals surface area contributed by atoms with Gasteiger partial charge < -0.3 is 5.11 Å². The molecule has 0 aliphatic heterocycles. The van der Waals surface area contributed by atoms with E-state index in [0.29, 0.717) is 29.1 Å². The van der Waals surface area contributed by atoms with Crippen molar-refractivity contribution in [2.45, 2.75) is 65.7 Å². The van der Waals surface area contributed by atoms with Crippen molar-refractivity contribution in [3.05, 3.63) is 23.8 Å². The molecule has 2 rings (SSSR count). The molecule has 0 aromatic heterocycles. The van der Waals surface area contributed by atoms with E-state index in [1.807, 2.05) is 6.08 Å². The molecule has 0 bridgehead atoms. The largest absolute Gasteiger partial charge is 0.481 e. The van der Waals surface area contributed by atoms with E-state index in [1.165, 1.54) is 31.3 Å². The molecule has 2 saturated carbocycles. The average Bonchev–Trinajstić information content (AvgIpc) is 2.43. The summed E-state index contributed by atoms with van der Waals surface area (Å²) in [6.07, 6.45) is 9.06. The Morgan fingerprint density at radius 1 is 1.35 bits per heavy atom. The van der Waals surface area contributed by atoms with Crippen LogP contribution >= 0.6 is 0 Å². The number of aliphatic carboxylic acids is 1. The molecule has 0 aromatic carbocycles. The van der Waals surface area contributed by atoms with Gasteiger partial charge in [-0.25, -0.2) is 0 Å². The highest BCUT2D eigenvalue weighted by atomic mass is 16.4. The van der Waals surface area contributed by atoms with Gasteiger partial charge in [0.25, 0.3) is 0 Å². The van der Waals surface area contributed by atoms with E-state index in [9.17, 15) is 9.59 Å². The Morgan fingerprint density at radius 2 is 2.04 bits per heavy atom. The number of carboxylic acids is 1. The molecule has 0 saturated heterocycles. The van der Waals surface area contributed by atoms with Crippen molar-refractivity contribution in [1.82, 2.24) is 0 Å². The summed E-state index contributed by atoms with van der Waals surface area (Å²) in [4.78, 5) is 21.9. The van der Waals surface area contributed by atoms with E-state index in [-0.39, 0.29) is 11.8 Å². The van der Waals surface area contributed by atoms with E-state index in [0.717, 1.165) is 12.8 Å². The predicted molar refractivity (Wildman–Crippen MR) is 92.1 cm³/mol. The lowest BCUT2D eigenvalue weighted by Gasteiger charge is -2.58. The molecule has 1 N–H and O–H groups in total. The maximum atomic E-state index is 11.1. The van der Waals surface area contributed by atoms with Gasteiger partial charge >= 0.3 is 5.97 Å². The zero-order valence-electron chi connectivity index (χ0n) is 14.7. The Morgan fingerprint density at radius 3 is 2.65 bits per heavy atom. The van der Waals surface area contributed by atoms with E-state index in [1.54, 1.807) is 0 Å². The first-order valence-electron chi connectivity index (χ1n) is 8.74. The minimum atomic E-state index is -0.950. The molecule has 2 aliphatic carbocycles. The summed E-state index contributed by atoms with van der Waals surface area (Å²) in [5.74, 6) is 0.0742. The van der Waals surface area contributed by atoms with Gasteiger partial charge in [-0.2, -0.15) is 0 Å². The summed E-state index contributed by atoms with van der Waals surface area (Å²) in [5.41, 5.74) is 2.22. The SMILES string of the molecule is C=C1CC[C@H]2C(C)(C)CCC[C@@]2(C)[C@H]1C/C=C(/C=O)CC(=O)O. The van der Waals surface area contributed by atoms with Crippen LogP contribution in [0.5, 0.6) is 0 Å². The molecule has 0 aromatic rings. The molecule has 0 amide bonds. The smallest absolute Gasteiger partial charge is 0.307 e. The molecule has 2 fully saturated rings. The Kier molecular flexibility index (Phi) is 5.17. The van der Waals surface area contributed by atoms with Gasteiger partial charge in [-0.3, -0.25) is 9.59 Å². The van der Waals surface area contributed by atoms with Crippen molar-refractivity contribution < 1.29 is 14.7 Å². The minimum absolute atomic E-state index is 0.186. The van der Waals surface area contributed by atoms with E-state index in [2.05, 4.69) is 27.4 Å². The number of allylic oxidation sites excluding steroid dienone is 2. The zero-order chi connectivity index (χ0) is 17.3. The molecular weight excluding hydrogens is 288 g/mol. The first-order valence-corrected chi connectivity index (χ1v) is 8.74. The van der Waals surface area contributed by atoms with Gasteiger partial charge in [0.2, 0.25) is 0 Å². The Bertz CT molecular complexity index is 529. The normalized spacial score (nSPS) is 33.9. The monoisotopic (exact) mass is 318 g/mol. The van der Waals surface area contributed by atoms with Crippen LogP contribution in [0.15, 0.2) is 23.8 Å². The van der Waals surface area contributed by atoms with Crippen molar-refractivity contribution in [3.8, 4) is 0 Å². The van der Waals surface area contributed by atoms with Crippen LogP contribution in [-0.2, 0) is 9.59 Å². The van der Waals surface area contributed by atoms with Gasteiger partial charge in [0, 0.05) is 0 Å². The molecule has 3 heteroatoms. The Labute approximate surface area is 139 Å². The number of carbonyl (C=O) groups excluding carboxylic acids is 1. The molecule has 3 nitrogen and oxygen atoms in total. The number of hydrogen-bond donors (Lipinski definition) is 1. The maximum Gasteiger partial charge on any atom is 0.307 e. The molecule has 23 heavy (non-hydrogen) atoms. The standard InChI is InChI=1S/C20H30O3/c1-14-6-9-17-19(2,3)10-5-11-20(17,4)16(14)8-7-15(13-21)12-18(22)23/h7,13,16-17H,1,5-6,8-12H2,2-4H3,(H,22,23)/b15-7+/t16-,17-,20-/m0/s1. The lowest BCUT2D eigenvalue weighted by Crippen LogP contribution is -2.49. The molecule has 0 unspecified atom stereocenters. The summed E-state index contributed by atoms with van der Waals surface area (Å²) < 4.78 is 0. The van der Waals surface area contributed by atoms with E-state index < -0.39 is 5.97 Å². The number of fused-ring (bicyclic) bond motifs is 1. The van der Waals surface area contributed by atoms with Gasteiger partial charge in [0.1, 0.15) is 6.29 Å². The second-order valence-electron chi connectivity index (χ2n) is 8.35. The van der Waals surface area contributed by atoms with Gasteiger partial charge in [-0.15, -0.1) is 0 Å². The van der Waals surface area contributed by atoms with Crippen LogP contribution < -0.4 is 0 Å². The molecule has 3 atom stereocenters. The Balaban J connectivity index is 2.24. The topological polar surface area (TPSA) is 54.4 Å². The van der Waals surface area contributed by atoms with E-state index in [4.69, 9.17) is 5.11 Å². The fraction of sp³-hybridized carbons (Fsp3) is 0.700. The third-order valence-electron chi connectivity index (χ3n) is 6.44. The summed E-state index contributed by atoms with van der Waals surface area (Å²) >= 11 is 0. The van der Waals surface area contributed by atoms with Crippen LogP contribution in [-0.4, -0.2) is 17.4 Å². The Hall–Kier alpha value is -1.38. The highest BCUT2D eigenvalue weighted by Gasteiger charge is 2.52. The first kappa shape index (κ1) is 18.0. The molecular formula is C20H30O3. The maximum absolute atomic E-state index is 11.1. The summed E-state index contributed by atoms with van der Waals surface area (Å²) in [7, 11) is 0. The third-order valence-corrected chi connectivity index (χ3v) is 6.44. The third kappa shape index (κ3) is 3.59. The average molecular weight is 318 g/mol. The fourth-order valence-corrected chi connectivity index (χ4v) is 5.32. The van der Waals surface area contributed by atoms with Crippen LogP contribution in [0.3, 0.4) is 0 Å². The quantitative estimate of drug-likeness (QED) is 0.451. The van der Waals surface area contributed by atoms with Gasteiger partial charge in [-0.1, -0.05) is 45.4 Å². The molecule has 0 spiro atoms. The second kappa shape index (κ2) is 6.62. The van der Waals surface area contributed by atoms with Crippen molar-refractivity contribution in [2.24, 2.45) is 22.7 Å². The van der Waals surface area contributed by atoms with Crippen LogP contribution in [0.1, 0.15) is 65.7 Å².